The molecule has 0 bridgehead atoms. The maximum absolute atomic E-state index is 12.3. The molecule has 1 aliphatic rings. The Morgan fingerprint density at radius 3 is 2.57 bits per heavy atom. The van der Waals surface area contributed by atoms with E-state index in [1.807, 2.05) is 24.3 Å². The molecule has 0 spiro atoms. The van der Waals surface area contributed by atoms with Crippen molar-refractivity contribution in [3.8, 4) is 11.4 Å². The number of halogens is 1. The number of rotatable bonds is 10. The molecule has 2 aromatic rings. The van der Waals surface area contributed by atoms with Crippen molar-refractivity contribution in [2.24, 2.45) is 0 Å². The summed E-state index contributed by atoms with van der Waals surface area (Å²) < 4.78 is 4.50. The topological polar surface area (TPSA) is 55.1 Å². The Morgan fingerprint density at radius 1 is 1.13 bits per heavy atom. The van der Waals surface area contributed by atoms with Crippen LogP contribution < -0.4 is 5.32 Å². The fraction of sp³-hybridized carbons (Fsp3) is 0.591. The molecule has 30 heavy (non-hydrogen) atoms. The summed E-state index contributed by atoms with van der Waals surface area (Å²) in [4.78, 5) is 14.7. The van der Waals surface area contributed by atoms with Crippen LogP contribution in [0, 0.1) is 4.77 Å². The highest BCUT2D eigenvalue weighted by molar-refractivity contribution is 7.71. The van der Waals surface area contributed by atoms with E-state index in [1.54, 1.807) is 4.68 Å². The van der Waals surface area contributed by atoms with E-state index in [4.69, 9.17) is 28.9 Å². The normalized spacial score (nSPS) is 14.7. The van der Waals surface area contributed by atoms with Crippen LogP contribution in [0.5, 0.6) is 0 Å². The van der Waals surface area contributed by atoms with Gasteiger partial charge in [0.2, 0.25) is 5.91 Å². The zero-order chi connectivity index (χ0) is 21.3. The lowest BCUT2D eigenvalue weighted by Crippen LogP contribution is -2.37. The van der Waals surface area contributed by atoms with Crippen molar-refractivity contribution in [3.63, 3.8) is 0 Å². The predicted octanol–water partition coefficient (Wildman–Crippen LogP) is 4.53. The highest BCUT2D eigenvalue weighted by Crippen LogP contribution is 2.21. The molecule has 2 heterocycles. The molecule has 0 unspecified atom stereocenters. The Morgan fingerprint density at radius 2 is 1.87 bits per heavy atom. The Hall–Kier alpha value is -1.70. The molecule has 1 fully saturated rings. The molecule has 1 saturated heterocycles. The minimum atomic E-state index is 0.0464. The number of piperidine rings is 1. The van der Waals surface area contributed by atoms with Gasteiger partial charge in [0.25, 0.3) is 0 Å². The highest BCUT2D eigenvalue weighted by atomic mass is 35.5. The van der Waals surface area contributed by atoms with Gasteiger partial charge in [-0.3, -0.25) is 9.36 Å². The van der Waals surface area contributed by atoms with E-state index >= 15 is 0 Å². The summed E-state index contributed by atoms with van der Waals surface area (Å²) in [7, 11) is 0. The molecule has 1 amide bonds. The smallest absolute Gasteiger partial charge is 0.221 e. The van der Waals surface area contributed by atoms with Gasteiger partial charge in [0.15, 0.2) is 10.6 Å². The van der Waals surface area contributed by atoms with Crippen LogP contribution in [0.25, 0.3) is 11.4 Å². The molecule has 164 valence electrons. The molecular formula is C22H32ClN5OS. The molecule has 1 aliphatic heterocycles. The largest absolute Gasteiger partial charge is 0.355 e. The van der Waals surface area contributed by atoms with Gasteiger partial charge in [0.1, 0.15) is 0 Å². The number of carbonyl (C=O) groups is 1. The van der Waals surface area contributed by atoms with Crippen LogP contribution in [0.15, 0.2) is 24.3 Å². The number of nitrogens with zero attached hydrogens (tertiary/aromatic N) is 4. The number of carbonyl (C=O) groups excluding carboxylic acids is 1. The van der Waals surface area contributed by atoms with Gasteiger partial charge in [-0.05, 0) is 68.8 Å². The lowest BCUT2D eigenvalue weighted by Gasteiger charge is -2.26. The minimum absolute atomic E-state index is 0.0464. The number of benzene rings is 1. The molecule has 3 rings (SSSR count). The number of aromatic nitrogens is 3. The van der Waals surface area contributed by atoms with Crippen LogP contribution in [-0.2, 0) is 17.9 Å². The first-order chi connectivity index (χ1) is 14.6. The van der Waals surface area contributed by atoms with E-state index in [0.29, 0.717) is 29.3 Å². The van der Waals surface area contributed by atoms with E-state index in [2.05, 4.69) is 21.7 Å². The summed E-state index contributed by atoms with van der Waals surface area (Å²) >= 11 is 11.7. The molecule has 0 radical (unpaired) electrons. The summed E-state index contributed by atoms with van der Waals surface area (Å²) in [6.45, 7) is 7.37. The fourth-order valence-electron chi connectivity index (χ4n) is 3.75. The first-order valence-electron chi connectivity index (χ1n) is 11.0. The summed E-state index contributed by atoms with van der Waals surface area (Å²) in [5.41, 5.74) is 0.978. The number of amides is 1. The third-order valence-electron chi connectivity index (χ3n) is 5.51. The second-order valence-electron chi connectivity index (χ2n) is 7.84. The van der Waals surface area contributed by atoms with Gasteiger partial charge in [0, 0.05) is 36.6 Å². The van der Waals surface area contributed by atoms with Crippen molar-refractivity contribution in [2.75, 3.05) is 26.2 Å². The quantitative estimate of drug-likeness (QED) is 0.541. The van der Waals surface area contributed by atoms with Gasteiger partial charge >= 0.3 is 0 Å². The van der Waals surface area contributed by atoms with Crippen molar-refractivity contribution in [1.82, 2.24) is 24.6 Å². The number of unbranched alkanes of at least 4 members (excludes halogenated alkanes) is 1. The number of likely N-dealkylation sites (tertiary alicyclic amines) is 1. The van der Waals surface area contributed by atoms with E-state index < -0.39 is 0 Å². The molecule has 0 atom stereocenters. The molecule has 0 saturated carbocycles. The average Bonchev–Trinajstić information content (AvgIpc) is 3.07. The lowest BCUT2D eigenvalue weighted by molar-refractivity contribution is -0.121. The summed E-state index contributed by atoms with van der Waals surface area (Å²) in [5.74, 6) is 0.876. The summed E-state index contributed by atoms with van der Waals surface area (Å²) in [5, 5.41) is 8.46. The molecular weight excluding hydrogens is 418 g/mol. The second kappa shape index (κ2) is 11.6. The third kappa shape index (κ3) is 6.40. The summed E-state index contributed by atoms with van der Waals surface area (Å²) in [6, 6.07) is 7.64. The minimum Gasteiger partial charge on any atom is -0.355 e. The van der Waals surface area contributed by atoms with E-state index in [-0.39, 0.29) is 5.91 Å². The number of hydrogen-bond acceptors (Lipinski definition) is 4. The van der Waals surface area contributed by atoms with Gasteiger partial charge in [-0.2, -0.15) is 5.10 Å². The Labute approximate surface area is 189 Å². The van der Waals surface area contributed by atoms with E-state index in [0.717, 1.165) is 50.4 Å². The maximum Gasteiger partial charge on any atom is 0.221 e. The monoisotopic (exact) mass is 449 g/mol. The van der Waals surface area contributed by atoms with Crippen LogP contribution in [0.2, 0.25) is 5.02 Å². The lowest BCUT2D eigenvalue weighted by atomic mass is 10.1. The van der Waals surface area contributed by atoms with Crippen molar-refractivity contribution in [1.29, 1.82) is 0 Å². The average molecular weight is 450 g/mol. The predicted molar refractivity (Wildman–Crippen MR) is 124 cm³/mol. The van der Waals surface area contributed by atoms with Crippen LogP contribution in [0.4, 0.5) is 0 Å². The standard InChI is InChI=1S/C22H32ClN5OS/c1-2-3-15-27-21(18-7-9-19(23)10-8-18)25-28(22(27)30)16-11-20(29)24-12-17-26-13-5-4-6-14-26/h7-10H,2-6,11-17H2,1H3,(H,24,29). The second-order valence-corrected chi connectivity index (χ2v) is 8.65. The van der Waals surface area contributed by atoms with Gasteiger partial charge in [0.05, 0.1) is 6.54 Å². The van der Waals surface area contributed by atoms with Gasteiger partial charge in [-0.1, -0.05) is 31.4 Å². The van der Waals surface area contributed by atoms with Gasteiger partial charge in [-0.25, -0.2) is 4.68 Å². The van der Waals surface area contributed by atoms with Crippen LogP contribution >= 0.6 is 23.8 Å². The van der Waals surface area contributed by atoms with Crippen molar-refractivity contribution >= 4 is 29.7 Å². The van der Waals surface area contributed by atoms with Crippen LogP contribution in [-0.4, -0.2) is 51.3 Å². The van der Waals surface area contributed by atoms with E-state index in [1.165, 1.54) is 19.3 Å². The molecule has 1 aromatic carbocycles. The number of aryl methyl sites for hydroxylation is 1. The molecule has 1 N–H and O–H groups in total. The Bertz CT molecular complexity index is 871. The van der Waals surface area contributed by atoms with Crippen molar-refractivity contribution in [3.05, 3.63) is 34.1 Å². The third-order valence-corrected chi connectivity index (χ3v) is 6.19. The van der Waals surface area contributed by atoms with Gasteiger partial charge < -0.3 is 10.2 Å². The Kier molecular flexibility index (Phi) is 8.90. The Balaban J connectivity index is 1.60. The van der Waals surface area contributed by atoms with Crippen molar-refractivity contribution in [2.45, 2.75) is 58.5 Å². The van der Waals surface area contributed by atoms with Crippen LogP contribution in [0.3, 0.4) is 0 Å². The van der Waals surface area contributed by atoms with Gasteiger partial charge in [-0.15, -0.1) is 0 Å². The molecule has 0 aliphatic carbocycles. The summed E-state index contributed by atoms with van der Waals surface area (Å²) in [6.07, 6.45) is 6.33. The molecule has 8 heteroatoms. The number of nitrogens with one attached hydrogen (secondary N) is 1. The maximum atomic E-state index is 12.3. The first kappa shape index (κ1) is 23.0. The number of hydrogen-bond donors (Lipinski definition) is 1. The van der Waals surface area contributed by atoms with Crippen LogP contribution in [0.1, 0.15) is 45.4 Å². The zero-order valence-electron chi connectivity index (χ0n) is 17.8. The first-order valence-corrected chi connectivity index (χ1v) is 11.8. The van der Waals surface area contributed by atoms with Crippen molar-refractivity contribution < 1.29 is 4.79 Å². The SMILES string of the molecule is CCCCn1c(-c2ccc(Cl)cc2)nn(CCC(=O)NCCN2CCCCC2)c1=S. The molecule has 6 nitrogen and oxygen atoms in total. The molecule has 1 aromatic heterocycles. The zero-order valence-corrected chi connectivity index (χ0v) is 19.4. The highest BCUT2D eigenvalue weighted by Gasteiger charge is 2.14. The van der Waals surface area contributed by atoms with E-state index in [9.17, 15) is 4.79 Å². The fourth-order valence-corrected chi connectivity index (χ4v) is 4.19.